The third-order valence-corrected chi connectivity index (χ3v) is 3.85. The number of nitrogens with two attached hydrogens (primary N) is 1. The number of hydrogen-bond donors (Lipinski definition) is 1. The fourth-order valence-corrected chi connectivity index (χ4v) is 2.75. The minimum atomic E-state index is -1.16. The summed E-state index contributed by atoms with van der Waals surface area (Å²) in [6.45, 7) is 0.399. The molecule has 0 aromatic heterocycles. The van der Waals surface area contributed by atoms with Gasteiger partial charge < -0.3 is 10.5 Å². The quantitative estimate of drug-likeness (QED) is 0.856. The third-order valence-electron chi connectivity index (χ3n) is 1.83. The van der Waals surface area contributed by atoms with Crippen LogP contribution in [0.5, 0.6) is 0 Å². The summed E-state index contributed by atoms with van der Waals surface area (Å²) in [5.41, 5.74) is 5.71. The molecule has 2 atom stereocenters. The van der Waals surface area contributed by atoms with Crippen LogP contribution in [0.2, 0.25) is 5.02 Å². The smallest absolute Gasteiger partial charge is 0.0622 e. The van der Waals surface area contributed by atoms with Gasteiger partial charge in [0.25, 0.3) is 0 Å². The van der Waals surface area contributed by atoms with E-state index in [0.717, 1.165) is 0 Å². The Bertz CT molecular complexity index is 346. The van der Waals surface area contributed by atoms with E-state index in [0.29, 0.717) is 22.3 Å². The summed E-state index contributed by atoms with van der Waals surface area (Å²) < 4.78 is 16.7. The maximum absolute atomic E-state index is 11.8. The Morgan fingerprint density at radius 3 is 2.80 bits per heavy atom. The van der Waals surface area contributed by atoms with E-state index in [-0.39, 0.29) is 6.04 Å². The van der Waals surface area contributed by atoms with Crippen molar-refractivity contribution in [3.05, 3.63) is 29.3 Å². The van der Waals surface area contributed by atoms with Crippen LogP contribution < -0.4 is 5.73 Å². The van der Waals surface area contributed by atoms with Crippen molar-refractivity contribution in [1.29, 1.82) is 0 Å². The maximum atomic E-state index is 11.8. The van der Waals surface area contributed by atoms with Crippen molar-refractivity contribution in [2.24, 2.45) is 5.73 Å². The topological polar surface area (TPSA) is 52.3 Å². The average Bonchev–Trinajstić information content (AvgIpc) is 2.18. The van der Waals surface area contributed by atoms with Crippen molar-refractivity contribution in [2.45, 2.75) is 10.9 Å². The number of methoxy groups -OCH3 is 1. The summed E-state index contributed by atoms with van der Waals surface area (Å²) in [7, 11) is 0.404. The van der Waals surface area contributed by atoms with Crippen LogP contribution in [0.3, 0.4) is 0 Å². The van der Waals surface area contributed by atoms with Crippen LogP contribution in [0.15, 0.2) is 29.2 Å². The molecule has 0 radical (unpaired) electrons. The van der Waals surface area contributed by atoms with Crippen molar-refractivity contribution in [3.8, 4) is 0 Å². The number of ether oxygens (including phenoxy) is 1. The van der Waals surface area contributed by atoms with Crippen LogP contribution in [0, 0.1) is 0 Å². The molecule has 5 heteroatoms. The van der Waals surface area contributed by atoms with Crippen molar-refractivity contribution >= 4 is 22.4 Å². The molecule has 0 saturated carbocycles. The summed E-state index contributed by atoms with van der Waals surface area (Å²) in [4.78, 5) is 0.630. The molecule has 84 valence electrons. The second-order valence-electron chi connectivity index (χ2n) is 3.16. The average molecular weight is 248 g/mol. The van der Waals surface area contributed by atoms with Crippen LogP contribution in [-0.4, -0.2) is 29.7 Å². The molecule has 0 aliphatic heterocycles. The Kier molecular flexibility index (Phi) is 5.25. The van der Waals surface area contributed by atoms with Gasteiger partial charge in [-0.15, -0.1) is 0 Å². The monoisotopic (exact) mass is 247 g/mol. The molecule has 1 rings (SSSR count). The van der Waals surface area contributed by atoms with Gasteiger partial charge in [0.15, 0.2) is 0 Å². The van der Waals surface area contributed by atoms with E-state index >= 15 is 0 Å². The van der Waals surface area contributed by atoms with Gasteiger partial charge in [-0.25, -0.2) is 0 Å². The van der Waals surface area contributed by atoms with E-state index in [1.165, 1.54) is 0 Å². The highest BCUT2D eigenvalue weighted by Gasteiger charge is 2.12. The highest BCUT2D eigenvalue weighted by molar-refractivity contribution is 7.85. The zero-order chi connectivity index (χ0) is 11.3. The number of hydrogen-bond acceptors (Lipinski definition) is 3. The summed E-state index contributed by atoms with van der Waals surface area (Å²) in [6, 6.07) is 6.85. The Morgan fingerprint density at radius 2 is 2.20 bits per heavy atom. The molecule has 2 N–H and O–H groups in total. The van der Waals surface area contributed by atoms with Gasteiger partial charge in [0, 0.05) is 18.9 Å². The van der Waals surface area contributed by atoms with Crippen LogP contribution in [0.25, 0.3) is 0 Å². The first-order valence-corrected chi connectivity index (χ1v) is 6.22. The van der Waals surface area contributed by atoms with Crippen molar-refractivity contribution in [1.82, 2.24) is 0 Å². The SMILES string of the molecule is COCC(N)CS(=O)c1ccccc1Cl. The first-order chi connectivity index (χ1) is 7.15. The van der Waals surface area contributed by atoms with E-state index in [9.17, 15) is 4.21 Å². The highest BCUT2D eigenvalue weighted by atomic mass is 35.5. The normalized spacial score (nSPS) is 14.9. The summed E-state index contributed by atoms with van der Waals surface area (Å²) in [5.74, 6) is 0.359. The fraction of sp³-hybridized carbons (Fsp3) is 0.400. The molecule has 2 unspecified atom stereocenters. The number of rotatable bonds is 5. The molecule has 0 amide bonds. The van der Waals surface area contributed by atoms with Crippen molar-refractivity contribution < 1.29 is 8.95 Å². The van der Waals surface area contributed by atoms with Gasteiger partial charge in [-0.2, -0.15) is 0 Å². The summed E-state index contributed by atoms with van der Waals surface area (Å²) >= 11 is 5.91. The van der Waals surface area contributed by atoms with Crippen LogP contribution >= 0.6 is 11.6 Å². The molecule has 3 nitrogen and oxygen atoms in total. The lowest BCUT2D eigenvalue weighted by Crippen LogP contribution is -2.31. The van der Waals surface area contributed by atoms with E-state index in [1.54, 1.807) is 31.4 Å². The molecule has 15 heavy (non-hydrogen) atoms. The minimum absolute atomic E-state index is 0.230. The molecule has 0 aliphatic rings. The molecular weight excluding hydrogens is 234 g/mol. The standard InChI is InChI=1S/C10H14ClNO2S/c1-14-6-8(12)7-15(13)10-5-3-2-4-9(10)11/h2-5,8H,6-7,12H2,1H3. The molecule has 0 bridgehead atoms. The van der Waals surface area contributed by atoms with Gasteiger partial charge in [0.05, 0.1) is 27.3 Å². The predicted molar refractivity (Wildman–Crippen MR) is 62.6 cm³/mol. The van der Waals surface area contributed by atoms with E-state index in [4.69, 9.17) is 22.1 Å². The fourth-order valence-electron chi connectivity index (χ4n) is 1.18. The third kappa shape index (κ3) is 3.91. The van der Waals surface area contributed by atoms with Crippen LogP contribution in [-0.2, 0) is 15.5 Å². The molecule has 0 heterocycles. The summed E-state index contributed by atoms with van der Waals surface area (Å²) in [5, 5.41) is 0.514. The molecule has 0 aliphatic carbocycles. The molecule has 0 fully saturated rings. The van der Waals surface area contributed by atoms with Gasteiger partial charge in [-0.05, 0) is 12.1 Å². The molecule has 0 spiro atoms. The van der Waals surface area contributed by atoms with Gasteiger partial charge in [0.1, 0.15) is 0 Å². The van der Waals surface area contributed by atoms with E-state index in [2.05, 4.69) is 0 Å². The number of benzene rings is 1. The zero-order valence-electron chi connectivity index (χ0n) is 8.48. The zero-order valence-corrected chi connectivity index (χ0v) is 10.1. The molecule has 0 saturated heterocycles. The largest absolute Gasteiger partial charge is 0.383 e. The Hall–Kier alpha value is -0.420. The first kappa shape index (κ1) is 12.6. The lowest BCUT2D eigenvalue weighted by molar-refractivity contribution is 0.186. The minimum Gasteiger partial charge on any atom is -0.383 e. The van der Waals surface area contributed by atoms with E-state index < -0.39 is 10.8 Å². The van der Waals surface area contributed by atoms with Gasteiger partial charge in [-0.1, -0.05) is 23.7 Å². The predicted octanol–water partition coefficient (Wildman–Crippen LogP) is 1.42. The Labute approximate surface area is 97.0 Å². The maximum Gasteiger partial charge on any atom is 0.0622 e. The lowest BCUT2D eigenvalue weighted by atomic mass is 10.4. The van der Waals surface area contributed by atoms with Crippen molar-refractivity contribution in [2.75, 3.05) is 19.5 Å². The second-order valence-corrected chi connectivity index (χ2v) is 5.03. The lowest BCUT2D eigenvalue weighted by Gasteiger charge is -2.10. The summed E-state index contributed by atoms with van der Waals surface area (Å²) in [6.07, 6.45) is 0. The van der Waals surface area contributed by atoms with E-state index in [1.807, 2.05) is 0 Å². The Balaban J connectivity index is 2.65. The molecule has 1 aromatic rings. The number of halogens is 1. The van der Waals surface area contributed by atoms with Gasteiger partial charge in [-0.3, -0.25) is 4.21 Å². The van der Waals surface area contributed by atoms with Crippen LogP contribution in [0.1, 0.15) is 0 Å². The van der Waals surface area contributed by atoms with Gasteiger partial charge in [0.2, 0.25) is 0 Å². The molecule has 1 aromatic carbocycles. The van der Waals surface area contributed by atoms with Crippen LogP contribution in [0.4, 0.5) is 0 Å². The van der Waals surface area contributed by atoms with Crippen molar-refractivity contribution in [3.63, 3.8) is 0 Å². The second kappa shape index (κ2) is 6.23. The highest BCUT2D eigenvalue weighted by Crippen LogP contribution is 2.19. The van der Waals surface area contributed by atoms with Gasteiger partial charge >= 0.3 is 0 Å². The first-order valence-electron chi connectivity index (χ1n) is 4.52. The Morgan fingerprint density at radius 1 is 1.53 bits per heavy atom. The molecular formula is C10H14ClNO2S.